The summed E-state index contributed by atoms with van der Waals surface area (Å²) in [7, 11) is -2.79. The number of ether oxygens (including phenoxy) is 2. The first kappa shape index (κ1) is 27.5. The number of nitrogen functional groups attached to an aromatic ring is 1. The zero-order valence-corrected chi connectivity index (χ0v) is 22.7. The average Bonchev–Trinajstić information content (AvgIpc) is 3.25. The molecule has 12 heteroatoms. The Balaban J connectivity index is 1.70. The Morgan fingerprint density at radius 2 is 1.82 bits per heavy atom. The fraction of sp³-hybridized carbons (Fsp3) is 0.346. The lowest BCUT2D eigenvalue weighted by atomic mass is 10.2. The molecule has 202 valence electrons. The van der Waals surface area contributed by atoms with Crippen LogP contribution in [0.25, 0.3) is 21.9 Å². The highest BCUT2D eigenvalue weighted by atomic mass is 31.2. The molecule has 3 atom stereocenters. The Kier molecular flexibility index (Phi) is 8.63. The molecule has 0 unspecified atom stereocenters. The number of hydrogen-bond donors (Lipinski definition) is 2. The van der Waals surface area contributed by atoms with Crippen LogP contribution in [0.1, 0.15) is 26.6 Å². The van der Waals surface area contributed by atoms with Crippen LogP contribution in [0.15, 0.2) is 54.6 Å². The number of nitrogens with two attached hydrogens (primary N) is 1. The summed E-state index contributed by atoms with van der Waals surface area (Å²) in [5.41, 5.74) is 8.31. The Morgan fingerprint density at radius 3 is 2.53 bits per heavy atom. The Hall–Kier alpha value is -3.50. The summed E-state index contributed by atoms with van der Waals surface area (Å²) < 4.78 is 38.0. The molecule has 0 aliphatic rings. The van der Waals surface area contributed by atoms with Gasteiger partial charge in [-0.25, -0.2) is 14.5 Å². The van der Waals surface area contributed by atoms with Crippen LogP contribution < -0.4 is 15.3 Å². The summed E-state index contributed by atoms with van der Waals surface area (Å²) in [6, 6.07) is 15.3. The van der Waals surface area contributed by atoms with Gasteiger partial charge in [-0.2, -0.15) is 5.09 Å². The fourth-order valence-corrected chi connectivity index (χ4v) is 5.77. The van der Waals surface area contributed by atoms with Gasteiger partial charge >= 0.3 is 13.7 Å². The van der Waals surface area contributed by atoms with E-state index in [9.17, 15) is 9.36 Å². The Bertz CT molecular complexity index is 1460. The number of methoxy groups -OCH3 is 1. The third-order valence-corrected chi connectivity index (χ3v) is 7.55. The van der Waals surface area contributed by atoms with Crippen molar-refractivity contribution in [3.63, 3.8) is 0 Å². The van der Waals surface area contributed by atoms with Crippen LogP contribution in [-0.4, -0.2) is 46.4 Å². The molecule has 0 fully saturated rings. The number of carbonyl (C=O) groups excluding carboxylic acids is 1. The van der Waals surface area contributed by atoms with Crippen LogP contribution in [0, 0.1) is 0 Å². The predicted octanol–water partition coefficient (Wildman–Crippen LogP) is 4.45. The maximum Gasteiger partial charge on any atom is 0.459 e. The number of carbonyl (C=O) groups is 1. The maximum absolute atomic E-state index is 13.9. The molecule has 0 aliphatic heterocycles. The molecule has 38 heavy (non-hydrogen) atoms. The van der Waals surface area contributed by atoms with E-state index in [0.717, 1.165) is 16.4 Å². The molecule has 2 heterocycles. The normalized spacial score (nSPS) is 14.7. The number of rotatable bonds is 12. The quantitative estimate of drug-likeness (QED) is 0.195. The number of nitrogens with one attached hydrogen (secondary N) is 1. The minimum atomic E-state index is -4.05. The summed E-state index contributed by atoms with van der Waals surface area (Å²) in [5.74, 6) is 0.641. The highest BCUT2D eigenvalue weighted by Crippen LogP contribution is 2.46. The van der Waals surface area contributed by atoms with Crippen LogP contribution in [0.2, 0.25) is 0 Å². The summed E-state index contributed by atoms with van der Waals surface area (Å²) in [6.45, 7) is 6.15. The monoisotopic (exact) mass is 541 g/mol. The van der Waals surface area contributed by atoms with Gasteiger partial charge in [-0.1, -0.05) is 36.4 Å². The van der Waals surface area contributed by atoms with Crippen molar-refractivity contribution in [3.05, 3.63) is 60.4 Å². The lowest BCUT2D eigenvalue weighted by Crippen LogP contribution is -2.35. The molecule has 0 aliphatic carbocycles. The first-order valence-corrected chi connectivity index (χ1v) is 13.8. The van der Waals surface area contributed by atoms with E-state index in [2.05, 4.69) is 10.1 Å². The van der Waals surface area contributed by atoms with E-state index in [-0.39, 0.29) is 13.2 Å². The highest BCUT2D eigenvalue weighted by Gasteiger charge is 2.34. The van der Waals surface area contributed by atoms with E-state index in [1.165, 1.54) is 14.0 Å². The Labute approximate surface area is 220 Å². The number of para-hydroxylation sites is 2. The summed E-state index contributed by atoms with van der Waals surface area (Å²) in [4.78, 5) is 21.3. The maximum atomic E-state index is 13.9. The predicted molar refractivity (Wildman–Crippen MR) is 145 cm³/mol. The van der Waals surface area contributed by atoms with Crippen LogP contribution in [-0.2, 0) is 36.5 Å². The van der Waals surface area contributed by atoms with Gasteiger partial charge in [0.2, 0.25) is 0 Å². The molecule has 11 nitrogen and oxygen atoms in total. The number of anilines is 1. The van der Waals surface area contributed by atoms with Crippen molar-refractivity contribution < 1.29 is 27.9 Å². The van der Waals surface area contributed by atoms with Gasteiger partial charge in [-0.3, -0.25) is 9.32 Å². The number of nitrogens with zero attached hydrogens (tertiary/aromatic N) is 3. The van der Waals surface area contributed by atoms with Gasteiger partial charge in [0, 0.05) is 12.0 Å². The van der Waals surface area contributed by atoms with Gasteiger partial charge < -0.3 is 24.3 Å². The first-order chi connectivity index (χ1) is 18.2. The number of esters is 1. The standard InChI is InChI=1S/C26H32N5O6P/c1-5-35-16-22-29-23-24(20-13-9-10-14-21(20)28-25(23)27)31(22)15-17(2)36-38(33,30-18(3)26(32)34-4)37-19-11-7-6-8-12-19/h6-14,17-18H,5,15-16H2,1-4H3,(H2,27,28)(H,30,33)/t17-,18-,38+/m0/s1. The minimum Gasteiger partial charge on any atom is -0.468 e. The number of hydrogen-bond acceptors (Lipinski definition) is 9. The fourth-order valence-electron chi connectivity index (χ4n) is 4.10. The molecular weight excluding hydrogens is 509 g/mol. The molecule has 4 rings (SSSR count). The van der Waals surface area contributed by atoms with Crippen molar-refractivity contribution >= 4 is 41.5 Å². The van der Waals surface area contributed by atoms with Gasteiger partial charge in [-0.15, -0.1) is 0 Å². The second-order valence-corrected chi connectivity index (χ2v) is 10.3. The number of pyridine rings is 1. The molecule has 0 spiro atoms. The summed E-state index contributed by atoms with van der Waals surface area (Å²) >= 11 is 0. The van der Waals surface area contributed by atoms with E-state index in [4.69, 9.17) is 29.2 Å². The van der Waals surface area contributed by atoms with Crippen LogP contribution in [0.4, 0.5) is 5.82 Å². The second-order valence-electron chi connectivity index (χ2n) is 8.68. The number of fused-ring (bicyclic) bond motifs is 3. The Morgan fingerprint density at radius 1 is 1.11 bits per heavy atom. The summed E-state index contributed by atoms with van der Waals surface area (Å²) in [5, 5.41) is 3.55. The van der Waals surface area contributed by atoms with Crippen molar-refractivity contribution in [2.24, 2.45) is 0 Å². The van der Waals surface area contributed by atoms with Crippen LogP contribution >= 0.6 is 7.75 Å². The van der Waals surface area contributed by atoms with Gasteiger partial charge in [0.25, 0.3) is 0 Å². The van der Waals surface area contributed by atoms with E-state index in [1.807, 2.05) is 35.8 Å². The molecule has 0 saturated carbocycles. The van der Waals surface area contributed by atoms with E-state index < -0.39 is 25.9 Å². The largest absolute Gasteiger partial charge is 0.468 e. The number of aromatic nitrogens is 3. The minimum absolute atomic E-state index is 0.238. The van der Waals surface area contributed by atoms with Gasteiger partial charge in [-0.05, 0) is 39.0 Å². The lowest BCUT2D eigenvalue weighted by molar-refractivity contribution is -0.142. The van der Waals surface area contributed by atoms with E-state index in [0.29, 0.717) is 29.5 Å². The number of benzene rings is 2. The molecule has 2 aromatic carbocycles. The zero-order valence-electron chi connectivity index (χ0n) is 21.8. The van der Waals surface area contributed by atoms with Crippen molar-refractivity contribution in [1.29, 1.82) is 0 Å². The molecule has 0 radical (unpaired) electrons. The SMILES string of the molecule is CCOCc1nc2c(N)nc3ccccc3c2n1C[C@H](C)O[P@](=O)(N[C@@H](C)C(=O)OC)Oc1ccccc1. The number of imidazole rings is 1. The van der Waals surface area contributed by atoms with E-state index >= 15 is 0 Å². The molecule has 2 aromatic heterocycles. The zero-order chi connectivity index (χ0) is 27.3. The second kappa shape index (κ2) is 11.9. The third-order valence-electron chi connectivity index (χ3n) is 5.76. The van der Waals surface area contributed by atoms with Crippen molar-refractivity contribution in [2.45, 2.75) is 46.1 Å². The van der Waals surface area contributed by atoms with Gasteiger partial charge in [0.05, 0.1) is 30.8 Å². The average molecular weight is 542 g/mol. The van der Waals surface area contributed by atoms with Crippen molar-refractivity contribution in [3.8, 4) is 5.75 Å². The van der Waals surface area contributed by atoms with Gasteiger partial charge in [0.15, 0.2) is 5.82 Å². The smallest absolute Gasteiger partial charge is 0.459 e. The van der Waals surface area contributed by atoms with Crippen LogP contribution in [0.3, 0.4) is 0 Å². The molecular formula is C26H32N5O6P. The molecule has 0 bridgehead atoms. The van der Waals surface area contributed by atoms with Crippen molar-refractivity contribution in [2.75, 3.05) is 19.5 Å². The molecule has 4 aromatic rings. The third kappa shape index (κ3) is 6.14. The first-order valence-electron chi connectivity index (χ1n) is 12.2. The summed E-state index contributed by atoms with van der Waals surface area (Å²) in [6.07, 6.45) is -0.659. The highest BCUT2D eigenvalue weighted by molar-refractivity contribution is 7.52. The molecule has 0 saturated heterocycles. The van der Waals surface area contributed by atoms with Gasteiger partial charge in [0.1, 0.15) is 29.7 Å². The van der Waals surface area contributed by atoms with Crippen LogP contribution in [0.5, 0.6) is 5.75 Å². The molecule has 3 N–H and O–H groups in total. The lowest BCUT2D eigenvalue weighted by Gasteiger charge is -2.26. The van der Waals surface area contributed by atoms with E-state index in [1.54, 1.807) is 37.3 Å². The van der Waals surface area contributed by atoms with Crippen molar-refractivity contribution in [1.82, 2.24) is 19.6 Å². The molecule has 0 amide bonds. The topological polar surface area (TPSA) is 140 Å².